The van der Waals surface area contributed by atoms with Crippen LogP contribution in [0.25, 0.3) is 0 Å². The summed E-state index contributed by atoms with van der Waals surface area (Å²) in [7, 11) is 0. The van der Waals surface area contributed by atoms with E-state index in [9.17, 15) is 0 Å². The number of nitrogens with one attached hydrogen (secondary N) is 1. The summed E-state index contributed by atoms with van der Waals surface area (Å²) in [6, 6.07) is 2.23. The average Bonchev–Trinajstić information content (AvgIpc) is 2.30. The number of hydrogen-bond donors (Lipinski definition) is 2. The van der Waals surface area contributed by atoms with E-state index in [1.165, 1.54) is 32.1 Å². The fraction of sp³-hybridized carbons (Fsp3) is 0.667. The van der Waals surface area contributed by atoms with Gasteiger partial charge in [0.25, 0.3) is 0 Å². The van der Waals surface area contributed by atoms with Crippen LogP contribution in [0.3, 0.4) is 0 Å². The number of rotatable bonds is 3. The summed E-state index contributed by atoms with van der Waals surface area (Å²) >= 11 is 0. The lowest BCUT2D eigenvalue weighted by Gasteiger charge is -2.31. The highest BCUT2D eigenvalue weighted by Crippen LogP contribution is 2.28. The highest BCUT2D eigenvalue weighted by molar-refractivity contribution is 5.35. The van der Waals surface area contributed by atoms with Gasteiger partial charge in [0, 0.05) is 12.2 Å². The zero-order valence-corrected chi connectivity index (χ0v) is 9.82. The van der Waals surface area contributed by atoms with E-state index in [4.69, 9.17) is 5.73 Å². The number of nitrogen functional groups attached to an aromatic ring is 1. The molecule has 0 saturated heterocycles. The van der Waals surface area contributed by atoms with Crippen LogP contribution in [-0.2, 0) is 0 Å². The summed E-state index contributed by atoms with van der Waals surface area (Å²) in [6.45, 7) is 2.25. The Kier molecular flexibility index (Phi) is 3.59. The van der Waals surface area contributed by atoms with Gasteiger partial charge in [-0.05, 0) is 24.8 Å². The smallest absolute Gasteiger partial charge is 0.224 e. The van der Waals surface area contributed by atoms with Crippen molar-refractivity contribution in [3.8, 4) is 0 Å². The van der Waals surface area contributed by atoms with Gasteiger partial charge in [0.2, 0.25) is 5.95 Å². The summed E-state index contributed by atoms with van der Waals surface area (Å²) in [6.07, 6.45) is 8.12. The highest BCUT2D eigenvalue weighted by Gasteiger charge is 2.23. The van der Waals surface area contributed by atoms with E-state index >= 15 is 0 Å². The average molecular weight is 220 g/mol. The fourth-order valence-electron chi connectivity index (χ4n) is 2.49. The molecule has 1 aromatic heterocycles. The van der Waals surface area contributed by atoms with E-state index in [0.717, 1.165) is 5.92 Å². The van der Waals surface area contributed by atoms with E-state index in [-0.39, 0.29) is 0 Å². The minimum Gasteiger partial charge on any atom is -0.384 e. The zero-order valence-electron chi connectivity index (χ0n) is 9.82. The molecule has 0 radical (unpaired) electrons. The van der Waals surface area contributed by atoms with Crippen LogP contribution in [0.5, 0.6) is 0 Å². The van der Waals surface area contributed by atoms with Crippen LogP contribution >= 0.6 is 0 Å². The van der Waals surface area contributed by atoms with E-state index in [2.05, 4.69) is 22.2 Å². The molecule has 1 aromatic rings. The first-order chi connectivity index (χ1) is 7.79. The molecule has 0 aromatic carbocycles. The minimum absolute atomic E-state index is 0.514. The Labute approximate surface area is 96.7 Å². The summed E-state index contributed by atoms with van der Waals surface area (Å²) in [5, 5.41) is 3.42. The van der Waals surface area contributed by atoms with E-state index in [0.29, 0.717) is 17.8 Å². The van der Waals surface area contributed by atoms with Gasteiger partial charge in [0.05, 0.1) is 0 Å². The van der Waals surface area contributed by atoms with E-state index in [1.54, 1.807) is 12.3 Å². The van der Waals surface area contributed by atoms with Gasteiger partial charge in [-0.1, -0.05) is 26.2 Å². The molecule has 1 aliphatic carbocycles. The molecule has 2 unspecified atom stereocenters. The molecule has 2 rings (SSSR count). The van der Waals surface area contributed by atoms with Crippen LogP contribution in [0, 0.1) is 5.92 Å². The minimum atomic E-state index is 0.514. The van der Waals surface area contributed by atoms with Crippen LogP contribution in [-0.4, -0.2) is 16.0 Å². The maximum absolute atomic E-state index is 5.64. The molecular formula is C12H20N4. The Hall–Kier alpha value is -1.32. The molecule has 4 heteroatoms. The van der Waals surface area contributed by atoms with Crippen molar-refractivity contribution in [2.24, 2.45) is 5.92 Å². The van der Waals surface area contributed by atoms with Gasteiger partial charge in [-0.15, -0.1) is 0 Å². The normalized spacial score (nSPS) is 25.3. The molecule has 3 N–H and O–H groups in total. The van der Waals surface area contributed by atoms with Gasteiger partial charge in [-0.25, -0.2) is 4.98 Å². The lowest BCUT2D eigenvalue weighted by molar-refractivity contribution is 0.316. The van der Waals surface area contributed by atoms with Crippen molar-refractivity contribution in [1.82, 2.24) is 9.97 Å². The lowest BCUT2D eigenvalue weighted by Crippen LogP contribution is -2.32. The summed E-state index contributed by atoms with van der Waals surface area (Å²) in [5.74, 6) is 1.95. The second-order valence-corrected chi connectivity index (χ2v) is 4.51. The third-order valence-electron chi connectivity index (χ3n) is 3.43. The molecule has 1 saturated carbocycles. The first-order valence-electron chi connectivity index (χ1n) is 6.14. The van der Waals surface area contributed by atoms with Crippen molar-refractivity contribution < 1.29 is 0 Å². The fourth-order valence-corrected chi connectivity index (χ4v) is 2.49. The topological polar surface area (TPSA) is 63.8 Å². The third kappa shape index (κ3) is 2.62. The van der Waals surface area contributed by atoms with Gasteiger partial charge >= 0.3 is 0 Å². The molecule has 0 aliphatic heterocycles. The van der Waals surface area contributed by atoms with Crippen LogP contribution in [0.15, 0.2) is 12.3 Å². The number of nitrogens with zero attached hydrogens (tertiary/aromatic N) is 2. The summed E-state index contributed by atoms with van der Waals surface area (Å²) < 4.78 is 0. The van der Waals surface area contributed by atoms with Gasteiger partial charge < -0.3 is 11.1 Å². The van der Waals surface area contributed by atoms with Gasteiger partial charge in [-0.3, -0.25) is 0 Å². The van der Waals surface area contributed by atoms with Crippen molar-refractivity contribution in [1.29, 1.82) is 0 Å². The van der Waals surface area contributed by atoms with Crippen molar-refractivity contribution in [3.05, 3.63) is 12.3 Å². The Balaban J connectivity index is 2.02. The monoisotopic (exact) mass is 220 g/mol. The Morgan fingerprint density at radius 2 is 2.25 bits per heavy atom. The second kappa shape index (κ2) is 5.14. The standard InChI is InChI=1S/C12H20N4/c1-2-9-5-3-4-6-10(9)15-12-14-8-7-11(13)16-12/h7-10H,2-6H2,1H3,(H3,13,14,15,16). The van der Waals surface area contributed by atoms with E-state index < -0.39 is 0 Å². The van der Waals surface area contributed by atoms with Gasteiger partial charge in [-0.2, -0.15) is 4.98 Å². The van der Waals surface area contributed by atoms with E-state index in [1.807, 2.05) is 0 Å². The molecule has 1 fully saturated rings. The van der Waals surface area contributed by atoms with Crippen LogP contribution in [0.1, 0.15) is 39.0 Å². The largest absolute Gasteiger partial charge is 0.384 e. The maximum atomic E-state index is 5.64. The van der Waals surface area contributed by atoms with Gasteiger partial charge in [0.1, 0.15) is 5.82 Å². The molecule has 4 nitrogen and oxygen atoms in total. The molecule has 16 heavy (non-hydrogen) atoms. The molecule has 0 spiro atoms. The SMILES string of the molecule is CCC1CCCCC1Nc1nccc(N)n1. The summed E-state index contributed by atoms with van der Waals surface area (Å²) in [5.41, 5.74) is 5.64. The molecular weight excluding hydrogens is 200 g/mol. The zero-order chi connectivity index (χ0) is 11.4. The third-order valence-corrected chi connectivity index (χ3v) is 3.43. The molecule has 0 amide bonds. The molecule has 88 valence electrons. The quantitative estimate of drug-likeness (QED) is 0.821. The van der Waals surface area contributed by atoms with Crippen LogP contribution in [0.4, 0.5) is 11.8 Å². The first kappa shape index (κ1) is 11.2. The number of hydrogen-bond acceptors (Lipinski definition) is 4. The molecule has 2 atom stereocenters. The van der Waals surface area contributed by atoms with Crippen molar-refractivity contribution in [2.75, 3.05) is 11.1 Å². The number of aromatic nitrogens is 2. The number of anilines is 2. The van der Waals surface area contributed by atoms with Crippen molar-refractivity contribution in [3.63, 3.8) is 0 Å². The number of nitrogens with two attached hydrogens (primary N) is 1. The van der Waals surface area contributed by atoms with Crippen LogP contribution < -0.4 is 11.1 Å². The summed E-state index contributed by atoms with van der Waals surface area (Å²) in [4.78, 5) is 8.39. The Morgan fingerprint density at radius 3 is 3.00 bits per heavy atom. The predicted molar refractivity (Wildman–Crippen MR) is 66.1 cm³/mol. The van der Waals surface area contributed by atoms with Gasteiger partial charge in [0.15, 0.2) is 0 Å². The Bertz CT molecular complexity index is 340. The predicted octanol–water partition coefficient (Wildman–Crippen LogP) is 2.44. The van der Waals surface area contributed by atoms with Crippen molar-refractivity contribution >= 4 is 11.8 Å². The first-order valence-corrected chi connectivity index (χ1v) is 6.14. The van der Waals surface area contributed by atoms with Crippen molar-refractivity contribution in [2.45, 2.75) is 45.1 Å². The lowest BCUT2D eigenvalue weighted by atomic mass is 9.83. The maximum Gasteiger partial charge on any atom is 0.224 e. The second-order valence-electron chi connectivity index (χ2n) is 4.51. The Morgan fingerprint density at radius 1 is 1.44 bits per heavy atom. The van der Waals surface area contributed by atoms with Crippen LogP contribution in [0.2, 0.25) is 0 Å². The molecule has 0 bridgehead atoms. The molecule has 1 aliphatic rings. The highest BCUT2D eigenvalue weighted by atomic mass is 15.1. The molecule has 1 heterocycles.